The van der Waals surface area contributed by atoms with Gasteiger partial charge in [0.15, 0.2) is 0 Å². The Hall–Kier alpha value is -1.45. The van der Waals surface area contributed by atoms with Crippen molar-refractivity contribution in [3.8, 4) is 0 Å². The minimum atomic E-state index is -0.313. The summed E-state index contributed by atoms with van der Waals surface area (Å²) in [4.78, 5) is 23.4. The number of nitroso groups, excluding NO2 is 1. The lowest BCUT2D eigenvalue weighted by Gasteiger charge is -2.57. The first kappa shape index (κ1) is 17.3. The van der Waals surface area contributed by atoms with E-state index in [1.165, 1.54) is 38.5 Å². The Morgan fingerprint density at radius 1 is 1.14 bits per heavy atom. The molecule has 0 radical (unpaired) electrons. The predicted molar refractivity (Wildman–Crippen MR) is 109 cm³/mol. The number of hydrogen-bond acceptors (Lipinski definition) is 4. The molecular weight excluding hydrogens is 362 g/mol. The quantitative estimate of drug-likeness (QED) is 0.369. The van der Waals surface area contributed by atoms with E-state index >= 15 is 0 Å². The van der Waals surface area contributed by atoms with Gasteiger partial charge in [0.05, 0.1) is 6.04 Å². The average molecular weight is 394 g/mol. The molecule has 154 valence electrons. The van der Waals surface area contributed by atoms with Gasteiger partial charge in [-0.25, -0.2) is 4.79 Å². The Bertz CT molecular complexity index is 871. The molecule has 0 aromatic heterocycles. The molecule has 29 heavy (non-hydrogen) atoms. The summed E-state index contributed by atoms with van der Waals surface area (Å²) in [7, 11) is 0. The fraction of sp³-hybridized carbons (Fsp3) is 0.800. The molecule has 0 amide bonds. The second-order valence-electron chi connectivity index (χ2n) is 11.6. The molecule has 0 N–H and O–H groups in total. The van der Waals surface area contributed by atoms with Gasteiger partial charge in [-0.05, 0) is 99.4 Å². The van der Waals surface area contributed by atoms with E-state index in [1.807, 2.05) is 0 Å². The van der Waals surface area contributed by atoms with Gasteiger partial charge in [-0.3, -0.25) is 0 Å². The molecule has 4 heteroatoms. The highest BCUT2D eigenvalue weighted by Gasteiger charge is 2.78. The predicted octanol–water partition coefficient (Wildman–Crippen LogP) is 5.18. The monoisotopic (exact) mass is 393 g/mol. The summed E-state index contributed by atoms with van der Waals surface area (Å²) >= 11 is 0. The molecule has 0 aromatic carbocycles. The summed E-state index contributed by atoms with van der Waals surface area (Å²) in [5.74, 6) is 5.04. The SMILES string of the molecule is C[C@]12CCC3C4=C(CC(N=O)CC4)CC(C4CC4)C3C1C1CC1[C@@]21C=CC(=O)O1. The Labute approximate surface area is 172 Å². The van der Waals surface area contributed by atoms with Crippen molar-refractivity contribution in [3.05, 3.63) is 28.2 Å². The highest BCUT2D eigenvalue weighted by molar-refractivity contribution is 5.85. The highest BCUT2D eigenvalue weighted by atomic mass is 16.6. The van der Waals surface area contributed by atoms with E-state index in [2.05, 4.69) is 18.2 Å². The van der Waals surface area contributed by atoms with Gasteiger partial charge in [0, 0.05) is 17.4 Å². The van der Waals surface area contributed by atoms with E-state index < -0.39 is 0 Å². The lowest BCUT2D eigenvalue weighted by molar-refractivity contribution is -0.167. The Balaban J connectivity index is 1.31. The number of hydrogen-bond donors (Lipinski definition) is 0. The van der Waals surface area contributed by atoms with Crippen LogP contribution in [0.25, 0.3) is 0 Å². The summed E-state index contributed by atoms with van der Waals surface area (Å²) in [6.07, 6.45) is 14.5. The van der Waals surface area contributed by atoms with Crippen molar-refractivity contribution in [1.29, 1.82) is 0 Å². The summed E-state index contributed by atoms with van der Waals surface area (Å²) in [5.41, 5.74) is 3.14. The minimum Gasteiger partial charge on any atom is -0.451 e. The molecule has 7 unspecified atom stereocenters. The fourth-order valence-electron chi connectivity index (χ4n) is 9.33. The van der Waals surface area contributed by atoms with E-state index in [9.17, 15) is 9.70 Å². The molecular formula is C25H31NO3. The normalized spacial score (nSPS) is 54.5. The maximum absolute atomic E-state index is 12.1. The Morgan fingerprint density at radius 2 is 2.00 bits per heavy atom. The zero-order valence-corrected chi connectivity index (χ0v) is 17.3. The van der Waals surface area contributed by atoms with Gasteiger partial charge in [-0.15, -0.1) is 0 Å². The van der Waals surface area contributed by atoms with Gasteiger partial charge in [0.2, 0.25) is 0 Å². The van der Waals surface area contributed by atoms with E-state index in [-0.39, 0.29) is 23.0 Å². The molecule has 0 aromatic rings. The van der Waals surface area contributed by atoms with Crippen LogP contribution in [-0.2, 0) is 9.53 Å². The molecule has 4 saturated carbocycles. The lowest BCUT2D eigenvalue weighted by Crippen LogP contribution is -2.55. The maximum atomic E-state index is 12.1. The van der Waals surface area contributed by atoms with E-state index in [4.69, 9.17) is 4.74 Å². The first-order chi connectivity index (χ1) is 14.1. The number of nitrogens with zero attached hydrogens (tertiary/aromatic N) is 1. The number of esters is 1. The van der Waals surface area contributed by atoms with Crippen molar-refractivity contribution in [3.63, 3.8) is 0 Å². The van der Waals surface area contributed by atoms with Crippen LogP contribution < -0.4 is 0 Å². The summed E-state index contributed by atoms with van der Waals surface area (Å²) in [6, 6.07) is 0.0182. The number of rotatable bonds is 2. The van der Waals surface area contributed by atoms with Crippen LogP contribution in [0.5, 0.6) is 0 Å². The minimum absolute atomic E-state index is 0.0182. The van der Waals surface area contributed by atoms with Crippen molar-refractivity contribution in [2.75, 3.05) is 0 Å². The topological polar surface area (TPSA) is 55.7 Å². The molecule has 0 saturated heterocycles. The highest BCUT2D eigenvalue weighted by Crippen LogP contribution is 2.78. The number of carbonyl (C=O) groups excluding carboxylic acids is 1. The van der Waals surface area contributed by atoms with E-state index in [1.54, 1.807) is 17.2 Å². The van der Waals surface area contributed by atoms with Gasteiger partial charge in [-0.2, -0.15) is 4.91 Å². The van der Waals surface area contributed by atoms with Gasteiger partial charge < -0.3 is 4.74 Å². The molecule has 7 aliphatic rings. The van der Waals surface area contributed by atoms with Gasteiger partial charge in [0.1, 0.15) is 5.60 Å². The summed E-state index contributed by atoms with van der Waals surface area (Å²) < 4.78 is 6.15. The largest absolute Gasteiger partial charge is 0.451 e. The van der Waals surface area contributed by atoms with Gasteiger partial charge >= 0.3 is 5.97 Å². The van der Waals surface area contributed by atoms with Crippen LogP contribution in [0.1, 0.15) is 64.7 Å². The number of allylic oxidation sites excluding steroid dienone is 1. The van der Waals surface area contributed by atoms with Crippen molar-refractivity contribution in [2.24, 2.45) is 52.0 Å². The van der Waals surface area contributed by atoms with E-state index in [0.717, 1.165) is 42.9 Å². The number of carbonyl (C=O) groups is 1. The van der Waals surface area contributed by atoms with Crippen LogP contribution in [-0.4, -0.2) is 17.6 Å². The van der Waals surface area contributed by atoms with Crippen molar-refractivity contribution in [2.45, 2.75) is 76.4 Å². The third-order valence-electron chi connectivity index (χ3n) is 10.6. The standard InChI is InChI=1S/C25H31NO3/c1-24-8-6-17-16-5-4-15(26-28)10-14(16)11-18(13-2-3-13)22(17)23(24)19-12-20(19)25(24)9-7-21(27)29-25/h7,9,13,15,17-20,22-23H,2-6,8,10-12H2,1H3/t15?,17?,18?,19?,20?,22?,23?,24-,25-/m0/s1. The lowest BCUT2D eigenvalue weighted by atomic mass is 9.48. The Morgan fingerprint density at radius 3 is 2.72 bits per heavy atom. The number of fused-ring (bicyclic) bond motifs is 8. The van der Waals surface area contributed by atoms with Crippen molar-refractivity contribution >= 4 is 5.97 Å². The molecule has 6 aliphatic carbocycles. The van der Waals surface area contributed by atoms with Crippen molar-refractivity contribution in [1.82, 2.24) is 0 Å². The zero-order chi connectivity index (χ0) is 19.5. The average Bonchev–Trinajstić information content (AvgIpc) is 3.64. The smallest absolute Gasteiger partial charge is 0.331 e. The molecule has 9 atom stereocenters. The first-order valence-corrected chi connectivity index (χ1v) is 12.0. The van der Waals surface area contributed by atoms with Crippen LogP contribution in [0.15, 0.2) is 28.5 Å². The molecule has 4 nitrogen and oxygen atoms in total. The van der Waals surface area contributed by atoms with Crippen LogP contribution in [0, 0.1) is 51.7 Å². The molecule has 0 bridgehead atoms. The number of ether oxygens (including phenoxy) is 1. The zero-order valence-electron chi connectivity index (χ0n) is 17.3. The summed E-state index contributed by atoms with van der Waals surface area (Å²) in [6.45, 7) is 2.46. The molecule has 7 rings (SSSR count). The second-order valence-corrected chi connectivity index (χ2v) is 11.6. The van der Waals surface area contributed by atoms with Crippen LogP contribution in [0.3, 0.4) is 0 Å². The first-order valence-electron chi connectivity index (χ1n) is 12.0. The van der Waals surface area contributed by atoms with Crippen LogP contribution in [0.2, 0.25) is 0 Å². The Kier molecular flexibility index (Phi) is 3.22. The third-order valence-corrected chi connectivity index (χ3v) is 10.6. The third kappa shape index (κ3) is 2.04. The van der Waals surface area contributed by atoms with Gasteiger partial charge in [-0.1, -0.05) is 23.2 Å². The molecule has 1 aliphatic heterocycles. The maximum Gasteiger partial charge on any atom is 0.331 e. The van der Waals surface area contributed by atoms with E-state index in [0.29, 0.717) is 17.8 Å². The van der Waals surface area contributed by atoms with Crippen molar-refractivity contribution < 1.29 is 9.53 Å². The molecule has 1 heterocycles. The second kappa shape index (κ2) is 5.42. The van der Waals surface area contributed by atoms with Gasteiger partial charge in [0.25, 0.3) is 0 Å². The van der Waals surface area contributed by atoms with Crippen LogP contribution in [0.4, 0.5) is 0 Å². The fourth-order valence-corrected chi connectivity index (χ4v) is 9.33. The molecule has 1 spiro atoms. The summed E-state index contributed by atoms with van der Waals surface area (Å²) in [5, 5.41) is 3.43. The molecule has 4 fully saturated rings. The van der Waals surface area contributed by atoms with Crippen LogP contribution >= 0.6 is 0 Å².